The van der Waals surface area contributed by atoms with Crippen LogP contribution in [0.1, 0.15) is 26.7 Å². The van der Waals surface area contributed by atoms with Crippen LogP contribution in [0.25, 0.3) is 0 Å². The average molecular weight is 226 g/mol. The van der Waals surface area contributed by atoms with Gasteiger partial charge >= 0.3 is 6.18 Å². The third-order valence-corrected chi connectivity index (χ3v) is 2.23. The first-order chi connectivity index (χ1) is 6.87. The fourth-order valence-corrected chi connectivity index (χ4v) is 1.37. The van der Waals surface area contributed by atoms with Crippen molar-refractivity contribution in [1.82, 2.24) is 10.2 Å². The second kappa shape index (κ2) is 7.06. The highest BCUT2D eigenvalue weighted by Crippen LogP contribution is 2.18. The summed E-state index contributed by atoms with van der Waals surface area (Å²) in [5.74, 6) is 0. The summed E-state index contributed by atoms with van der Waals surface area (Å²) >= 11 is 0. The van der Waals surface area contributed by atoms with Crippen molar-refractivity contribution in [3.05, 3.63) is 0 Å². The first kappa shape index (κ1) is 14.7. The normalized spacial score (nSPS) is 12.8. The molecule has 0 aromatic heterocycles. The first-order valence-electron chi connectivity index (χ1n) is 5.32. The molecule has 0 bridgehead atoms. The molecular formula is C10H21F3N2. The summed E-state index contributed by atoms with van der Waals surface area (Å²) in [4.78, 5) is 1.47. The molecule has 0 aliphatic rings. The van der Waals surface area contributed by atoms with E-state index < -0.39 is 12.7 Å². The number of nitrogens with one attached hydrogen (secondary N) is 1. The van der Waals surface area contributed by atoms with Crippen LogP contribution in [0.2, 0.25) is 0 Å². The third kappa shape index (κ3) is 8.69. The van der Waals surface area contributed by atoms with Gasteiger partial charge in [0.15, 0.2) is 0 Å². The Hall–Kier alpha value is -0.290. The summed E-state index contributed by atoms with van der Waals surface area (Å²) < 4.78 is 36.6. The van der Waals surface area contributed by atoms with E-state index in [1.54, 1.807) is 13.8 Å². The maximum atomic E-state index is 12.2. The lowest BCUT2D eigenvalue weighted by Crippen LogP contribution is -2.39. The van der Waals surface area contributed by atoms with E-state index in [1.165, 1.54) is 4.90 Å². The van der Waals surface area contributed by atoms with Gasteiger partial charge in [-0.2, -0.15) is 13.2 Å². The Balaban J connectivity index is 3.84. The number of unbranched alkanes of at least 4 members (excludes halogenated alkanes) is 1. The number of hydrogen-bond acceptors (Lipinski definition) is 2. The lowest BCUT2D eigenvalue weighted by atomic mass is 10.2. The van der Waals surface area contributed by atoms with Crippen LogP contribution in [0, 0.1) is 0 Å². The molecule has 0 atom stereocenters. The zero-order valence-corrected chi connectivity index (χ0v) is 9.69. The quantitative estimate of drug-likeness (QED) is 0.670. The van der Waals surface area contributed by atoms with Gasteiger partial charge in [-0.05, 0) is 46.8 Å². The molecule has 0 amide bonds. The fourth-order valence-electron chi connectivity index (χ4n) is 1.37. The molecule has 92 valence electrons. The van der Waals surface area contributed by atoms with Gasteiger partial charge in [0.1, 0.15) is 0 Å². The molecule has 0 spiro atoms. The Morgan fingerprint density at radius 1 is 1.20 bits per heavy atom. The van der Waals surface area contributed by atoms with Crippen LogP contribution in [0.5, 0.6) is 0 Å². The van der Waals surface area contributed by atoms with Crippen molar-refractivity contribution in [2.75, 3.05) is 26.7 Å². The number of rotatable bonds is 7. The molecule has 15 heavy (non-hydrogen) atoms. The standard InChI is InChI=1S/C10H21F3N2/c1-9(2)15(8-10(11,12)13)7-5-4-6-14-3/h9,14H,4-8H2,1-3H3. The van der Waals surface area contributed by atoms with E-state index in [0.717, 1.165) is 19.4 Å². The smallest absolute Gasteiger partial charge is 0.320 e. The maximum Gasteiger partial charge on any atom is 0.401 e. The van der Waals surface area contributed by atoms with Crippen molar-refractivity contribution < 1.29 is 13.2 Å². The van der Waals surface area contributed by atoms with E-state index in [-0.39, 0.29) is 6.04 Å². The summed E-state index contributed by atoms with van der Waals surface area (Å²) in [7, 11) is 1.84. The van der Waals surface area contributed by atoms with Gasteiger partial charge in [0, 0.05) is 6.04 Å². The molecule has 0 saturated heterocycles. The highest BCUT2D eigenvalue weighted by Gasteiger charge is 2.31. The van der Waals surface area contributed by atoms with Gasteiger partial charge in [-0.1, -0.05) is 0 Å². The van der Waals surface area contributed by atoms with Crippen molar-refractivity contribution in [3.8, 4) is 0 Å². The van der Waals surface area contributed by atoms with Crippen molar-refractivity contribution >= 4 is 0 Å². The van der Waals surface area contributed by atoms with Gasteiger partial charge in [-0.15, -0.1) is 0 Å². The van der Waals surface area contributed by atoms with E-state index in [1.807, 2.05) is 7.05 Å². The SMILES string of the molecule is CNCCCCN(CC(F)(F)F)C(C)C. The van der Waals surface area contributed by atoms with Crippen LogP contribution in [0.15, 0.2) is 0 Å². The second-order valence-electron chi connectivity index (χ2n) is 3.99. The minimum atomic E-state index is -4.09. The topological polar surface area (TPSA) is 15.3 Å². The second-order valence-corrected chi connectivity index (χ2v) is 3.99. The van der Waals surface area contributed by atoms with Crippen LogP contribution >= 0.6 is 0 Å². The molecule has 0 fully saturated rings. The highest BCUT2D eigenvalue weighted by molar-refractivity contribution is 4.67. The number of halogens is 3. The molecule has 5 heteroatoms. The van der Waals surface area contributed by atoms with E-state index in [4.69, 9.17) is 0 Å². The molecule has 0 heterocycles. The Kier molecular flexibility index (Phi) is 6.92. The van der Waals surface area contributed by atoms with Crippen molar-refractivity contribution in [2.24, 2.45) is 0 Å². The lowest BCUT2D eigenvalue weighted by molar-refractivity contribution is -0.149. The number of nitrogens with zero attached hydrogens (tertiary/aromatic N) is 1. The Morgan fingerprint density at radius 3 is 2.20 bits per heavy atom. The van der Waals surface area contributed by atoms with Gasteiger partial charge in [0.25, 0.3) is 0 Å². The van der Waals surface area contributed by atoms with Crippen molar-refractivity contribution in [3.63, 3.8) is 0 Å². The zero-order chi connectivity index (χ0) is 11.9. The zero-order valence-electron chi connectivity index (χ0n) is 9.69. The molecule has 0 unspecified atom stereocenters. The predicted molar refractivity (Wildman–Crippen MR) is 55.9 cm³/mol. The Morgan fingerprint density at radius 2 is 1.80 bits per heavy atom. The van der Waals surface area contributed by atoms with Crippen LogP contribution in [-0.2, 0) is 0 Å². The number of alkyl halides is 3. The first-order valence-corrected chi connectivity index (χ1v) is 5.32. The van der Waals surface area contributed by atoms with E-state index in [2.05, 4.69) is 5.32 Å². The van der Waals surface area contributed by atoms with Crippen LogP contribution in [0.4, 0.5) is 13.2 Å². The van der Waals surface area contributed by atoms with E-state index in [9.17, 15) is 13.2 Å². The van der Waals surface area contributed by atoms with E-state index in [0.29, 0.717) is 6.54 Å². The van der Waals surface area contributed by atoms with Gasteiger partial charge in [0.2, 0.25) is 0 Å². The fraction of sp³-hybridized carbons (Fsp3) is 1.00. The molecule has 0 aliphatic heterocycles. The van der Waals surface area contributed by atoms with Gasteiger partial charge in [-0.25, -0.2) is 0 Å². The Labute approximate surface area is 89.8 Å². The van der Waals surface area contributed by atoms with Crippen molar-refractivity contribution in [2.45, 2.75) is 38.9 Å². The lowest BCUT2D eigenvalue weighted by Gasteiger charge is -2.27. The minimum Gasteiger partial charge on any atom is -0.320 e. The van der Waals surface area contributed by atoms with Gasteiger partial charge < -0.3 is 5.32 Å². The maximum absolute atomic E-state index is 12.2. The van der Waals surface area contributed by atoms with Gasteiger partial charge in [0.05, 0.1) is 6.54 Å². The van der Waals surface area contributed by atoms with Crippen molar-refractivity contribution in [1.29, 1.82) is 0 Å². The molecule has 0 aliphatic carbocycles. The van der Waals surface area contributed by atoms with E-state index >= 15 is 0 Å². The minimum absolute atomic E-state index is 0.0544. The van der Waals surface area contributed by atoms with Gasteiger partial charge in [-0.3, -0.25) is 4.90 Å². The molecule has 0 aromatic carbocycles. The highest BCUT2D eigenvalue weighted by atomic mass is 19.4. The molecular weight excluding hydrogens is 205 g/mol. The molecule has 0 saturated carbocycles. The molecule has 0 rings (SSSR count). The van der Waals surface area contributed by atoms with Crippen LogP contribution in [-0.4, -0.2) is 43.8 Å². The predicted octanol–water partition coefficient (Wildman–Crippen LogP) is 2.26. The average Bonchev–Trinajstić information content (AvgIpc) is 2.08. The molecule has 1 N–H and O–H groups in total. The summed E-state index contributed by atoms with van der Waals surface area (Å²) in [5, 5.41) is 2.98. The third-order valence-electron chi connectivity index (χ3n) is 2.23. The molecule has 0 radical (unpaired) electrons. The monoisotopic (exact) mass is 226 g/mol. The summed E-state index contributed by atoms with van der Waals surface area (Å²) in [6, 6.07) is -0.0544. The number of hydrogen-bond donors (Lipinski definition) is 1. The largest absolute Gasteiger partial charge is 0.401 e. The Bertz CT molecular complexity index is 157. The molecule has 2 nitrogen and oxygen atoms in total. The summed E-state index contributed by atoms with van der Waals surface area (Å²) in [6.07, 6.45) is -2.38. The van der Waals surface area contributed by atoms with Crippen LogP contribution < -0.4 is 5.32 Å². The summed E-state index contributed by atoms with van der Waals surface area (Å²) in [6.45, 7) is 4.16. The summed E-state index contributed by atoms with van der Waals surface area (Å²) in [5.41, 5.74) is 0. The molecule has 0 aromatic rings. The van der Waals surface area contributed by atoms with Crippen LogP contribution in [0.3, 0.4) is 0 Å².